The van der Waals surface area contributed by atoms with Crippen molar-refractivity contribution in [2.75, 3.05) is 25.0 Å². The predicted octanol–water partition coefficient (Wildman–Crippen LogP) is 3.72. The number of nitrogens with zero attached hydrogens (tertiary/aromatic N) is 2. The number of aliphatic hydroxyl groups is 1. The molecule has 1 aliphatic rings. The van der Waals surface area contributed by atoms with Crippen LogP contribution in [0, 0.1) is 6.92 Å². The lowest BCUT2D eigenvalue weighted by Gasteiger charge is -2.33. The van der Waals surface area contributed by atoms with Gasteiger partial charge < -0.3 is 10.4 Å². The van der Waals surface area contributed by atoms with Crippen LogP contribution in [0.25, 0.3) is 10.9 Å². The van der Waals surface area contributed by atoms with Crippen molar-refractivity contribution >= 4 is 22.4 Å². The van der Waals surface area contributed by atoms with Crippen LogP contribution in [0.4, 0.5) is 5.69 Å². The van der Waals surface area contributed by atoms with Crippen LogP contribution in [-0.2, 0) is 17.8 Å². The van der Waals surface area contributed by atoms with E-state index < -0.39 is 0 Å². The second kappa shape index (κ2) is 9.37. The Bertz CT molecular complexity index is 1030. The predicted molar refractivity (Wildman–Crippen MR) is 121 cm³/mol. The largest absolute Gasteiger partial charge is 0.392 e. The molecule has 2 N–H and O–H groups in total. The molecule has 4 rings (SSSR count). The number of benzene rings is 2. The summed E-state index contributed by atoms with van der Waals surface area (Å²) in [6.07, 6.45) is 4.23. The maximum absolute atomic E-state index is 12.6. The van der Waals surface area contributed by atoms with Crippen LogP contribution in [0.15, 0.2) is 54.7 Å². The molecule has 30 heavy (non-hydrogen) atoms. The third kappa shape index (κ3) is 4.86. The highest BCUT2D eigenvalue weighted by atomic mass is 16.3. The van der Waals surface area contributed by atoms with Gasteiger partial charge in [0.05, 0.1) is 18.7 Å². The number of Topliss-reactive ketones (excluding diaryl/α,β-unsaturated/α-hetero) is 1. The molecule has 0 spiro atoms. The van der Waals surface area contributed by atoms with E-state index in [4.69, 9.17) is 0 Å². The first kappa shape index (κ1) is 20.5. The topological polar surface area (TPSA) is 65.5 Å². The van der Waals surface area contributed by atoms with Crippen LogP contribution in [-0.4, -0.2) is 46.4 Å². The van der Waals surface area contributed by atoms with E-state index in [1.807, 2.05) is 42.6 Å². The number of nitrogens with one attached hydrogen (secondary N) is 1. The van der Waals surface area contributed by atoms with Gasteiger partial charge in [-0.2, -0.15) is 0 Å². The van der Waals surface area contributed by atoms with Gasteiger partial charge in [-0.15, -0.1) is 0 Å². The third-order valence-corrected chi connectivity index (χ3v) is 5.91. The number of anilines is 1. The smallest absolute Gasteiger partial charge is 0.151 e. The van der Waals surface area contributed by atoms with Gasteiger partial charge in [0.2, 0.25) is 0 Å². The van der Waals surface area contributed by atoms with Crippen LogP contribution in [0.3, 0.4) is 0 Å². The second-order valence-electron chi connectivity index (χ2n) is 8.21. The molecule has 2 heterocycles. The molecule has 1 aromatic heterocycles. The van der Waals surface area contributed by atoms with Crippen LogP contribution >= 0.6 is 0 Å². The van der Waals surface area contributed by atoms with Gasteiger partial charge in [0.25, 0.3) is 0 Å². The fraction of sp³-hybridized carbons (Fsp3) is 0.360. The van der Waals surface area contributed by atoms with Crippen molar-refractivity contribution in [3.63, 3.8) is 0 Å². The Labute approximate surface area is 177 Å². The van der Waals surface area contributed by atoms with E-state index in [0.717, 1.165) is 59.2 Å². The Kier molecular flexibility index (Phi) is 6.41. The molecule has 5 nitrogen and oxygen atoms in total. The molecular formula is C25H29N3O2. The van der Waals surface area contributed by atoms with Crippen molar-refractivity contribution in [1.29, 1.82) is 0 Å². The number of hydrogen-bond donors (Lipinski definition) is 2. The molecule has 3 aromatic rings. The zero-order valence-electron chi connectivity index (χ0n) is 17.5. The molecule has 156 valence electrons. The SMILES string of the molecule is Cc1cccc(CO)c1NC1CCN(CC(=O)Cc2cnc3ccccc3c2)CC1. The summed E-state index contributed by atoms with van der Waals surface area (Å²) in [5, 5.41) is 14.3. The molecule has 0 atom stereocenters. The van der Waals surface area contributed by atoms with E-state index in [0.29, 0.717) is 19.0 Å². The highest BCUT2D eigenvalue weighted by Gasteiger charge is 2.22. The van der Waals surface area contributed by atoms with Gasteiger partial charge in [0.1, 0.15) is 0 Å². The molecule has 1 aliphatic heterocycles. The average Bonchev–Trinajstić information content (AvgIpc) is 2.76. The first-order chi connectivity index (χ1) is 14.6. The molecule has 0 radical (unpaired) electrons. The maximum atomic E-state index is 12.6. The number of para-hydroxylation sites is 2. The van der Waals surface area contributed by atoms with E-state index >= 15 is 0 Å². The average molecular weight is 404 g/mol. The molecule has 1 saturated heterocycles. The van der Waals surface area contributed by atoms with Crippen LogP contribution in [0.5, 0.6) is 0 Å². The van der Waals surface area contributed by atoms with Crippen molar-refractivity contribution < 1.29 is 9.90 Å². The van der Waals surface area contributed by atoms with Gasteiger partial charge in [-0.3, -0.25) is 14.7 Å². The normalized spacial score (nSPS) is 15.4. The van der Waals surface area contributed by atoms with E-state index in [9.17, 15) is 9.90 Å². The number of pyridine rings is 1. The summed E-state index contributed by atoms with van der Waals surface area (Å²) in [7, 11) is 0. The highest BCUT2D eigenvalue weighted by Crippen LogP contribution is 2.24. The number of carbonyl (C=O) groups is 1. The standard InChI is InChI=1S/C25H29N3O2/c1-18-5-4-7-21(17-29)25(18)27-22-9-11-28(12-10-22)16-23(30)14-19-13-20-6-2-3-8-24(20)26-15-19/h2-8,13,15,22,27,29H,9-12,14,16-17H2,1H3. The first-order valence-corrected chi connectivity index (χ1v) is 10.7. The number of carbonyl (C=O) groups excluding carboxylic acids is 1. The molecule has 0 amide bonds. The number of aromatic nitrogens is 1. The lowest BCUT2D eigenvalue weighted by molar-refractivity contribution is -0.119. The minimum Gasteiger partial charge on any atom is -0.392 e. The third-order valence-electron chi connectivity index (χ3n) is 5.91. The Hall–Kier alpha value is -2.76. The molecule has 0 bridgehead atoms. The minimum atomic E-state index is 0.0426. The summed E-state index contributed by atoms with van der Waals surface area (Å²) in [5.74, 6) is 0.236. The van der Waals surface area contributed by atoms with E-state index in [-0.39, 0.29) is 12.4 Å². The number of ketones is 1. The molecule has 0 aliphatic carbocycles. The summed E-state index contributed by atoms with van der Waals surface area (Å²) in [6, 6.07) is 16.4. The zero-order valence-corrected chi connectivity index (χ0v) is 17.5. The Balaban J connectivity index is 1.28. The van der Waals surface area contributed by atoms with Crippen molar-refractivity contribution in [2.45, 2.75) is 38.8 Å². The van der Waals surface area contributed by atoms with Crippen LogP contribution < -0.4 is 5.32 Å². The number of aryl methyl sites for hydroxylation is 1. The van der Waals surface area contributed by atoms with Gasteiger partial charge in [0.15, 0.2) is 5.78 Å². The lowest BCUT2D eigenvalue weighted by atomic mass is 10.0. The summed E-state index contributed by atoms with van der Waals surface area (Å²) >= 11 is 0. The van der Waals surface area contributed by atoms with Crippen molar-refractivity contribution in [2.24, 2.45) is 0 Å². The van der Waals surface area contributed by atoms with Crippen LogP contribution in [0.1, 0.15) is 29.5 Å². The van der Waals surface area contributed by atoms with E-state index in [2.05, 4.69) is 34.3 Å². The monoisotopic (exact) mass is 403 g/mol. The lowest BCUT2D eigenvalue weighted by Crippen LogP contribution is -2.42. The van der Waals surface area contributed by atoms with Crippen molar-refractivity contribution in [1.82, 2.24) is 9.88 Å². The second-order valence-corrected chi connectivity index (χ2v) is 8.21. The molecule has 1 fully saturated rings. The Morgan fingerprint density at radius 1 is 1.17 bits per heavy atom. The van der Waals surface area contributed by atoms with Crippen molar-refractivity contribution in [3.8, 4) is 0 Å². The van der Waals surface area contributed by atoms with Gasteiger partial charge in [0, 0.05) is 48.4 Å². The number of piperidine rings is 1. The van der Waals surface area contributed by atoms with Crippen LogP contribution in [0.2, 0.25) is 0 Å². The summed E-state index contributed by atoms with van der Waals surface area (Å²) in [5.41, 5.74) is 5.09. The number of rotatable bonds is 7. The van der Waals surface area contributed by atoms with E-state index in [1.54, 1.807) is 0 Å². The van der Waals surface area contributed by atoms with Gasteiger partial charge in [-0.1, -0.05) is 36.4 Å². The first-order valence-electron chi connectivity index (χ1n) is 10.7. The number of likely N-dealkylation sites (tertiary alicyclic amines) is 1. The fourth-order valence-corrected chi connectivity index (χ4v) is 4.25. The molecule has 2 aromatic carbocycles. The number of hydrogen-bond acceptors (Lipinski definition) is 5. The minimum absolute atomic E-state index is 0.0426. The summed E-state index contributed by atoms with van der Waals surface area (Å²) < 4.78 is 0. The summed E-state index contributed by atoms with van der Waals surface area (Å²) in [4.78, 5) is 19.3. The quantitative estimate of drug-likeness (QED) is 0.629. The Morgan fingerprint density at radius 3 is 2.77 bits per heavy atom. The van der Waals surface area contributed by atoms with Gasteiger partial charge in [-0.25, -0.2) is 0 Å². The van der Waals surface area contributed by atoms with Crippen molar-refractivity contribution in [3.05, 3.63) is 71.4 Å². The molecule has 5 heteroatoms. The number of aliphatic hydroxyl groups excluding tert-OH is 1. The molecular weight excluding hydrogens is 374 g/mol. The number of fused-ring (bicyclic) bond motifs is 1. The zero-order chi connectivity index (χ0) is 20.9. The van der Waals surface area contributed by atoms with Gasteiger partial charge in [-0.05, 0) is 43.0 Å². The fourth-order valence-electron chi connectivity index (χ4n) is 4.25. The maximum Gasteiger partial charge on any atom is 0.151 e. The highest BCUT2D eigenvalue weighted by molar-refractivity contribution is 5.85. The van der Waals surface area contributed by atoms with E-state index in [1.165, 1.54) is 0 Å². The Morgan fingerprint density at radius 2 is 1.97 bits per heavy atom. The van der Waals surface area contributed by atoms with Gasteiger partial charge >= 0.3 is 0 Å². The summed E-state index contributed by atoms with van der Waals surface area (Å²) in [6.45, 7) is 4.41. The molecule has 0 unspecified atom stereocenters. The molecule has 0 saturated carbocycles.